The SMILES string of the molecule is CC1CCCN(CCOC2CCN(C)CC2)C1. The topological polar surface area (TPSA) is 15.7 Å². The summed E-state index contributed by atoms with van der Waals surface area (Å²) in [7, 11) is 2.20. The van der Waals surface area contributed by atoms with Crippen molar-refractivity contribution in [3.63, 3.8) is 0 Å². The number of ether oxygens (including phenoxy) is 1. The van der Waals surface area contributed by atoms with Gasteiger partial charge in [-0.05, 0) is 45.2 Å². The Labute approximate surface area is 106 Å². The summed E-state index contributed by atoms with van der Waals surface area (Å²) >= 11 is 0. The maximum atomic E-state index is 6.00. The molecule has 0 spiro atoms. The van der Waals surface area contributed by atoms with Crippen molar-refractivity contribution in [2.24, 2.45) is 5.92 Å². The Bertz CT molecular complexity index is 214. The molecule has 17 heavy (non-hydrogen) atoms. The number of nitrogens with zero attached hydrogens (tertiary/aromatic N) is 2. The predicted molar refractivity (Wildman–Crippen MR) is 71.3 cm³/mol. The van der Waals surface area contributed by atoms with E-state index in [1.807, 2.05) is 0 Å². The third-order valence-electron chi connectivity index (χ3n) is 4.17. The Morgan fingerprint density at radius 1 is 1.12 bits per heavy atom. The monoisotopic (exact) mass is 240 g/mol. The summed E-state index contributed by atoms with van der Waals surface area (Å²) in [6, 6.07) is 0. The van der Waals surface area contributed by atoms with E-state index < -0.39 is 0 Å². The van der Waals surface area contributed by atoms with Gasteiger partial charge in [0.05, 0.1) is 12.7 Å². The van der Waals surface area contributed by atoms with Gasteiger partial charge in [0, 0.05) is 26.2 Å². The molecular formula is C14H28N2O. The molecule has 2 fully saturated rings. The van der Waals surface area contributed by atoms with Gasteiger partial charge in [-0.2, -0.15) is 0 Å². The van der Waals surface area contributed by atoms with Crippen LogP contribution in [-0.4, -0.2) is 62.3 Å². The van der Waals surface area contributed by atoms with Gasteiger partial charge in [-0.25, -0.2) is 0 Å². The van der Waals surface area contributed by atoms with Gasteiger partial charge in [-0.15, -0.1) is 0 Å². The van der Waals surface area contributed by atoms with Crippen molar-refractivity contribution in [3.05, 3.63) is 0 Å². The van der Waals surface area contributed by atoms with Gasteiger partial charge in [0.25, 0.3) is 0 Å². The molecule has 0 aliphatic carbocycles. The van der Waals surface area contributed by atoms with Gasteiger partial charge < -0.3 is 14.5 Å². The van der Waals surface area contributed by atoms with Crippen molar-refractivity contribution in [3.8, 4) is 0 Å². The molecule has 1 atom stereocenters. The summed E-state index contributed by atoms with van der Waals surface area (Å²) in [4.78, 5) is 4.97. The first-order valence-corrected chi connectivity index (χ1v) is 7.26. The number of hydrogen-bond acceptors (Lipinski definition) is 3. The fourth-order valence-corrected chi connectivity index (χ4v) is 2.99. The smallest absolute Gasteiger partial charge is 0.0600 e. The zero-order valence-electron chi connectivity index (χ0n) is 11.5. The summed E-state index contributed by atoms with van der Waals surface area (Å²) in [6.07, 6.45) is 5.73. The van der Waals surface area contributed by atoms with Crippen LogP contribution in [0.25, 0.3) is 0 Å². The van der Waals surface area contributed by atoms with Crippen molar-refractivity contribution in [1.29, 1.82) is 0 Å². The Balaban J connectivity index is 1.56. The van der Waals surface area contributed by atoms with E-state index in [9.17, 15) is 0 Å². The van der Waals surface area contributed by atoms with E-state index in [-0.39, 0.29) is 0 Å². The third-order valence-corrected chi connectivity index (χ3v) is 4.17. The minimum Gasteiger partial charge on any atom is -0.377 e. The highest BCUT2D eigenvalue weighted by Crippen LogP contribution is 2.16. The van der Waals surface area contributed by atoms with Crippen molar-refractivity contribution in [2.45, 2.75) is 38.7 Å². The molecule has 2 saturated heterocycles. The van der Waals surface area contributed by atoms with Crippen LogP contribution in [0.2, 0.25) is 0 Å². The van der Waals surface area contributed by atoms with Crippen LogP contribution in [0.4, 0.5) is 0 Å². The van der Waals surface area contributed by atoms with Crippen molar-refractivity contribution >= 4 is 0 Å². The van der Waals surface area contributed by atoms with Crippen LogP contribution in [0.1, 0.15) is 32.6 Å². The molecule has 3 heteroatoms. The van der Waals surface area contributed by atoms with E-state index in [4.69, 9.17) is 4.74 Å². The molecule has 100 valence electrons. The summed E-state index contributed by atoms with van der Waals surface area (Å²) in [5, 5.41) is 0. The molecule has 2 rings (SSSR count). The lowest BCUT2D eigenvalue weighted by molar-refractivity contribution is -0.00113. The Morgan fingerprint density at radius 3 is 2.59 bits per heavy atom. The molecular weight excluding hydrogens is 212 g/mol. The Kier molecular flexibility index (Phi) is 5.26. The van der Waals surface area contributed by atoms with Crippen LogP contribution in [-0.2, 0) is 4.74 Å². The van der Waals surface area contributed by atoms with E-state index in [1.54, 1.807) is 0 Å². The fraction of sp³-hybridized carbons (Fsp3) is 1.00. The first kappa shape index (κ1) is 13.3. The molecule has 0 aromatic heterocycles. The molecule has 0 bridgehead atoms. The first-order chi connectivity index (χ1) is 8.24. The molecule has 0 N–H and O–H groups in total. The van der Waals surface area contributed by atoms with Gasteiger partial charge in [-0.1, -0.05) is 6.92 Å². The predicted octanol–water partition coefficient (Wildman–Crippen LogP) is 1.83. The van der Waals surface area contributed by atoms with E-state index in [0.717, 1.165) is 19.1 Å². The molecule has 0 aromatic carbocycles. The van der Waals surface area contributed by atoms with Crippen molar-refractivity contribution < 1.29 is 4.74 Å². The lowest BCUT2D eigenvalue weighted by atomic mass is 10.0. The van der Waals surface area contributed by atoms with Gasteiger partial charge >= 0.3 is 0 Å². The van der Waals surface area contributed by atoms with Crippen LogP contribution in [0, 0.1) is 5.92 Å². The highest BCUT2D eigenvalue weighted by Gasteiger charge is 2.19. The Hall–Kier alpha value is -0.120. The van der Waals surface area contributed by atoms with Crippen LogP contribution in [0.3, 0.4) is 0 Å². The van der Waals surface area contributed by atoms with Gasteiger partial charge in [-0.3, -0.25) is 0 Å². The molecule has 2 aliphatic rings. The number of likely N-dealkylation sites (tertiary alicyclic amines) is 2. The largest absolute Gasteiger partial charge is 0.377 e. The summed E-state index contributed by atoms with van der Waals surface area (Å²) in [5.41, 5.74) is 0. The van der Waals surface area contributed by atoms with E-state index in [0.29, 0.717) is 6.10 Å². The summed E-state index contributed by atoms with van der Waals surface area (Å²) in [6.45, 7) is 9.39. The third kappa shape index (κ3) is 4.57. The standard InChI is InChI=1S/C14H28N2O/c1-13-4-3-7-16(12-13)10-11-17-14-5-8-15(2)9-6-14/h13-14H,3-12H2,1-2H3. The minimum atomic E-state index is 0.522. The molecule has 0 amide bonds. The van der Waals surface area contributed by atoms with Crippen LogP contribution in [0.5, 0.6) is 0 Å². The number of piperidine rings is 2. The summed E-state index contributed by atoms with van der Waals surface area (Å²) in [5.74, 6) is 0.882. The van der Waals surface area contributed by atoms with Gasteiger partial charge in [0.1, 0.15) is 0 Å². The average Bonchev–Trinajstić information content (AvgIpc) is 2.32. The molecule has 0 radical (unpaired) electrons. The number of hydrogen-bond donors (Lipinski definition) is 0. The van der Waals surface area contributed by atoms with Crippen LogP contribution >= 0.6 is 0 Å². The van der Waals surface area contributed by atoms with Gasteiger partial charge in [0.2, 0.25) is 0 Å². The van der Waals surface area contributed by atoms with Gasteiger partial charge in [0.15, 0.2) is 0 Å². The maximum Gasteiger partial charge on any atom is 0.0600 e. The second-order valence-corrected chi connectivity index (χ2v) is 5.92. The fourth-order valence-electron chi connectivity index (χ4n) is 2.99. The zero-order chi connectivity index (χ0) is 12.1. The minimum absolute atomic E-state index is 0.522. The maximum absolute atomic E-state index is 6.00. The molecule has 3 nitrogen and oxygen atoms in total. The molecule has 1 unspecified atom stereocenters. The average molecular weight is 240 g/mol. The molecule has 0 aromatic rings. The quantitative estimate of drug-likeness (QED) is 0.745. The zero-order valence-corrected chi connectivity index (χ0v) is 11.5. The molecule has 2 heterocycles. The highest BCUT2D eigenvalue weighted by atomic mass is 16.5. The van der Waals surface area contributed by atoms with E-state index >= 15 is 0 Å². The van der Waals surface area contributed by atoms with Crippen molar-refractivity contribution in [2.75, 3.05) is 46.4 Å². The van der Waals surface area contributed by atoms with E-state index in [1.165, 1.54) is 51.9 Å². The molecule has 2 aliphatic heterocycles. The second-order valence-electron chi connectivity index (χ2n) is 5.92. The molecule has 0 saturated carbocycles. The van der Waals surface area contributed by atoms with E-state index in [2.05, 4.69) is 23.8 Å². The van der Waals surface area contributed by atoms with Crippen LogP contribution < -0.4 is 0 Å². The first-order valence-electron chi connectivity index (χ1n) is 7.26. The highest BCUT2D eigenvalue weighted by molar-refractivity contribution is 4.72. The lowest BCUT2D eigenvalue weighted by Gasteiger charge is -2.32. The lowest BCUT2D eigenvalue weighted by Crippen LogP contribution is -2.38. The Morgan fingerprint density at radius 2 is 1.88 bits per heavy atom. The number of rotatable bonds is 4. The summed E-state index contributed by atoms with van der Waals surface area (Å²) < 4.78 is 6.00. The second kappa shape index (κ2) is 6.72. The normalized spacial score (nSPS) is 29.6. The van der Waals surface area contributed by atoms with Crippen LogP contribution in [0.15, 0.2) is 0 Å². The van der Waals surface area contributed by atoms with Crippen molar-refractivity contribution in [1.82, 2.24) is 9.80 Å².